The number of fused-ring (bicyclic) bond motifs is 5. The molecule has 49 heavy (non-hydrogen) atoms. The minimum Gasteiger partial charge on any atom is -0.490 e. The van der Waals surface area contributed by atoms with Crippen molar-refractivity contribution in [3.05, 3.63) is 124 Å². The van der Waals surface area contributed by atoms with Crippen LogP contribution >= 0.6 is 0 Å². The van der Waals surface area contributed by atoms with Crippen LogP contribution in [0, 0.1) is 26.7 Å². The number of aromatic nitrogens is 1. The molecular formula is C44H47NO4. The first-order valence-electron chi connectivity index (χ1n) is 17.6. The third kappa shape index (κ3) is 6.65. The predicted molar refractivity (Wildman–Crippen MR) is 202 cm³/mol. The topological polar surface area (TPSA) is 57.5 Å². The van der Waals surface area contributed by atoms with Crippen LogP contribution in [0.25, 0.3) is 32.6 Å². The highest BCUT2D eigenvalue weighted by atomic mass is 16.5. The molecule has 1 heterocycles. The van der Waals surface area contributed by atoms with E-state index in [4.69, 9.17) is 9.47 Å². The maximum Gasteiger partial charge on any atom is 0.196 e. The third-order valence-electron chi connectivity index (χ3n) is 9.94. The molecule has 6 aromatic rings. The maximum atomic E-state index is 14.6. The molecule has 5 heteroatoms. The van der Waals surface area contributed by atoms with Crippen molar-refractivity contribution in [2.24, 2.45) is 5.92 Å². The van der Waals surface area contributed by atoms with Gasteiger partial charge in [-0.05, 0) is 86.0 Å². The maximum absolute atomic E-state index is 14.6. The first-order valence-corrected chi connectivity index (χ1v) is 17.6. The molecule has 0 aliphatic heterocycles. The second kappa shape index (κ2) is 14.8. The number of hydrogen-bond acceptors (Lipinski definition) is 4. The highest BCUT2D eigenvalue weighted by molar-refractivity contribution is 6.27. The Kier molecular flexibility index (Phi) is 10.3. The van der Waals surface area contributed by atoms with Crippen LogP contribution in [-0.4, -0.2) is 36.5 Å². The minimum absolute atomic E-state index is 0.0257. The molecule has 6 rings (SSSR count). The number of carbonyl (C=O) groups is 2. The fraction of sp³-hybridized carbons (Fsp3) is 0.318. The van der Waals surface area contributed by atoms with Gasteiger partial charge in [-0.1, -0.05) is 87.2 Å². The lowest BCUT2D eigenvalue weighted by molar-refractivity contribution is 0.102. The van der Waals surface area contributed by atoms with E-state index in [-0.39, 0.29) is 11.6 Å². The Labute approximate surface area is 289 Å². The normalized spacial score (nSPS) is 12.2. The Morgan fingerprint density at radius 3 is 2.16 bits per heavy atom. The van der Waals surface area contributed by atoms with Gasteiger partial charge in [0.25, 0.3) is 0 Å². The molecular weight excluding hydrogens is 606 g/mol. The smallest absolute Gasteiger partial charge is 0.196 e. The summed E-state index contributed by atoms with van der Waals surface area (Å²) in [5, 5.41) is 3.96. The number of rotatable bonds is 14. The van der Waals surface area contributed by atoms with Crippen molar-refractivity contribution in [3.63, 3.8) is 0 Å². The molecule has 0 saturated carbocycles. The summed E-state index contributed by atoms with van der Waals surface area (Å²) in [6.07, 6.45) is 4.59. The van der Waals surface area contributed by atoms with Gasteiger partial charge in [0.2, 0.25) is 0 Å². The Balaban J connectivity index is 1.60. The van der Waals surface area contributed by atoms with Crippen molar-refractivity contribution in [2.45, 2.75) is 66.8 Å². The molecule has 0 N–H and O–H groups in total. The van der Waals surface area contributed by atoms with E-state index in [0.29, 0.717) is 41.6 Å². The van der Waals surface area contributed by atoms with E-state index >= 15 is 0 Å². The molecule has 0 fully saturated rings. The van der Waals surface area contributed by atoms with E-state index in [1.54, 1.807) is 7.11 Å². The number of para-hydroxylation sites is 1. The number of aryl methyl sites for hydroxylation is 3. The highest BCUT2D eigenvalue weighted by Gasteiger charge is 2.24. The van der Waals surface area contributed by atoms with Gasteiger partial charge in [0.05, 0.1) is 17.7 Å². The van der Waals surface area contributed by atoms with Crippen molar-refractivity contribution in [3.8, 4) is 5.75 Å². The van der Waals surface area contributed by atoms with Crippen LogP contribution in [0.1, 0.15) is 88.1 Å². The molecule has 0 aliphatic carbocycles. The van der Waals surface area contributed by atoms with Crippen LogP contribution in [0.5, 0.6) is 5.75 Å². The monoisotopic (exact) mass is 653 g/mol. The first kappa shape index (κ1) is 34.1. The summed E-state index contributed by atoms with van der Waals surface area (Å²) in [5.74, 6) is 0.969. The quantitative estimate of drug-likeness (QED) is 0.0867. The molecule has 252 valence electrons. The summed E-state index contributed by atoms with van der Waals surface area (Å²) in [6.45, 7) is 12.3. The second-order valence-corrected chi connectivity index (χ2v) is 13.4. The van der Waals surface area contributed by atoms with Crippen molar-refractivity contribution >= 4 is 44.1 Å². The summed E-state index contributed by atoms with van der Waals surface area (Å²) in [5.41, 5.74) is 7.83. The van der Waals surface area contributed by atoms with Crippen molar-refractivity contribution in [2.75, 3.05) is 20.3 Å². The molecule has 1 aromatic heterocycles. The number of unbranched alkanes of at least 4 members (excludes halogenated alkanes) is 1. The Hall–Kier alpha value is -4.74. The fourth-order valence-corrected chi connectivity index (χ4v) is 7.50. The zero-order valence-electron chi connectivity index (χ0n) is 29.7. The summed E-state index contributed by atoms with van der Waals surface area (Å²) >= 11 is 0. The Morgan fingerprint density at radius 2 is 1.45 bits per heavy atom. The van der Waals surface area contributed by atoms with Crippen LogP contribution in [0.2, 0.25) is 0 Å². The number of carbonyl (C=O) groups excluding carboxylic acids is 2. The van der Waals surface area contributed by atoms with E-state index in [0.717, 1.165) is 80.6 Å². The zero-order valence-corrected chi connectivity index (χ0v) is 29.7. The summed E-state index contributed by atoms with van der Waals surface area (Å²) in [7, 11) is 1.63. The number of hydrogen-bond donors (Lipinski definition) is 0. The molecule has 5 aromatic carbocycles. The standard InChI is InChI=1S/C44H47NO4/c1-7-9-14-31(8-2)27-45-39-20-19-32(43(46)35-17-12-13-18-40(35)49-22-21-48-6)25-36(39)37-26-38(33-15-10-11-16-34(33)42(37)45)44(47)41-29(4)23-28(3)24-30(41)5/h10-13,15-20,23-26,31H,7-9,14,21-22,27H2,1-6H3. The molecule has 0 amide bonds. The molecule has 0 saturated heterocycles. The van der Waals surface area contributed by atoms with E-state index in [1.807, 2.05) is 56.3 Å². The van der Waals surface area contributed by atoms with Gasteiger partial charge in [-0.2, -0.15) is 0 Å². The molecule has 0 aliphatic rings. The van der Waals surface area contributed by atoms with E-state index < -0.39 is 0 Å². The van der Waals surface area contributed by atoms with E-state index in [1.165, 1.54) is 6.42 Å². The average Bonchev–Trinajstić information content (AvgIpc) is 3.41. The van der Waals surface area contributed by atoms with E-state index in [9.17, 15) is 9.59 Å². The lowest BCUT2D eigenvalue weighted by Crippen LogP contribution is -2.11. The third-order valence-corrected chi connectivity index (χ3v) is 9.94. The lowest BCUT2D eigenvalue weighted by Gasteiger charge is -2.19. The molecule has 1 unspecified atom stereocenters. The van der Waals surface area contributed by atoms with Gasteiger partial charge in [0, 0.05) is 52.0 Å². The van der Waals surface area contributed by atoms with Gasteiger partial charge in [-0.15, -0.1) is 0 Å². The van der Waals surface area contributed by atoms with Crippen molar-refractivity contribution in [1.82, 2.24) is 4.57 Å². The molecule has 1 atom stereocenters. The van der Waals surface area contributed by atoms with Crippen LogP contribution in [0.4, 0.5) is 0 Å². The lowest BCUT2D eigenvalue weighted by atomic mass is 9.89. The average molecular weight is 654 g/mol. The predicted octanol–water partition coefficient (Wildman–Crippen LogP) is 10.6. The van der Waals surface area contributed by atoms with Crippen LogP contribution in [0.3, 0.4) is 0 Å². The number of ether oxygens (including phenoxy) is 2. The van der Waals surface area contributed by atoms with Gasteiger partial charge >= 0.3 is 0 Å². The van der Waals surface area contributed by atoms with E-state index in [2.05, 4.69) is 67.8 Å². The van der Waals surface area contributed by atoms with Crippen LogP contribution < -0.4 is 4.74 Å². The van der Waals surface area contributed by atoms with Gasteiger partial charge in [0.1, 0.15) is 12.4 Å². The summed E-state index contributed by atoms with van der Waals surface area (Å²) in [6, 6.07) is 28.0. The van der Waals surface area contributed by atoms with Gasteiger partial charge in [-0.3, -0.25) is 9.59 Å². The SMILES string of the molecule is CCCCC(CC)Cn1c2ccc(C(=O)c3ccccc3OCCOC)cc2c2cc(C(=O)c3c(C)cc(C)cc3C)c3ccccc3c21. The molecule has 0 bridgehead atoms. The van der Waals surface area contributed by atoms with Crippen LogP contribution in [0.15, 0.2) is 84.9 Å². The number of methoxy groups -OCH3 is 1. The molecule has 0 spiro atoms. The minimum atomic E-state index is -0.104. The van der Waals surface area contributed by atoms with Crippen molar-refractivity contribution < 1.29 is 19.1 Å². The molecule has 5 nitrogen and oxygen atoms in total. The second-order valence-electron chi connectivity index (χ2n) is 13.4. The van der Waals surface area contributed by atoms with Gasteiger partial charge in [0.15, 0.2) is 11.6 Å². The Bertz CT molecular complexity index is 2150. The summed E-state index contributed by atoms with van der Waals surface area (Å²) < 4.78 is 13.6. The molecule has 0 radical (unpaired) electrons. The highest BCUT2D eigenvalue weighted by Crippen LogP contribution is 2.39. The number of ketones is 2. The number of benzene rings is 5. The largest absolute Gasteiger partial charge is 0.490 e. The summed E-state index contributed by atoms with van der Waals surface area (Å²) in [4.78, 5) is 28.7. The zero-order chi connectivity index (χ0) is 34.7. The Morgan fingerprint density at radius 1 is 0.735 bits per heavy atom. The number of nitrogens with zero attached hydrogens (tertiary/aromatic N) is 1. The first-order chi connectivity index (χ1) is 23.8. The van der Waals surface area contributed by atoms with Crippen molar-refractivity contribution in [1.29, 1.82) is 0 Å². The van der Waals surface area contributed by atoms with Gasteiger partial charge in [-0.25, -0.2) is 0 Å². The fourth-order valence-electron chi connectivity index (χ4n) is 7.50. The van der Waals surface area contributed by atoms with Crippen LogP contribution in [-0.2, 0) is 11.3 Å². The van der Waals surface area contributed by atoms with Gasteiger partial charge < -0.3 is 14.0 Å².